The van der Waals surface area contributed by atoms with Crippen LogP contribution in [0.2, 0.25) is 0 Å². The molecule has 48 valence electrons. The van der Waals surface area contributed by atoms with Gasteiger partial charge in [0.1, 0.15) is 0 Å². The number of carbonyl (C=O) groups is 1. The first kappa shape index (κ1) is 7.26. The first-order valence-corrected chi connectivity index (χ1v) is 1.67. The van der Waals surface area contributed by atoms with E-state index < -0.39 is 19.3 Å². The van der Waals surface area contributed by atoms with Gasteiger partial charge < -0.3 is 4.74 Å². The van der Waals surface area contributed by atoms with Gasteiger partial charge in [0.25, 0.3) is 6.47 Å². The molecule has 0 atom stereocenters. The van der Waals surface area contributed by atoms with Crippen molar-refractivity contribution in [3.8, 4) is 0 Å². The van der Waals surface area contributed by atoms with E-state index >= 15 is 0 Å². The number of ether oxygens (including phenoxy) is 1. The van der Waals surface area contributed by atoms with E-state index in [1.165, 1.54) is 0 Å². The average Bonchev–Trinajstić information content (AvgIpc) is 1.67. The third-order valence-electron chi connectivity index (χ3n) is 0.376. The van der Waals surface area contributed by atoms with E-state index in [-0.39, 0.29) is 0 Å². The maximum absolute atomic E-state index is 11.3. The highest BCUT2D eigenvalue weighted by molar-refractivity contribution is 5.37. The molecular formula is C3H3F3O2. The minimum atomic E-state index is -3.94. The van der Waals surface area contributed by atoms with E-state index in [2.05, 4.69) is 4.74 Å². The summed E-state index contributed by atoms with van der Waals surface area (Å²) in [5, 5.41) is 0. The molecule has 0 radical (unpaired) electrons. The monoisotopic (exact) mass is 128 g/mol. The van der Waals surface area contributed by atoms with Crippen LogP contribution in [0.5, 0.6) is 0 Å². The van der Waals surface area contributed by atoms with Crippen LogP contribution in [-0.2, 0) is 9.53 Å². The molecule has 0 rings (SSSR count). The molecule has 0 saturated heterocycles. The molecule has 0 saturated carbocycles. The lowest BCUT2D eigenvalue weighted by Gasteiger charge is -2.06. The van der Waals surface area contributed by atoms with Crippen LogP contribution in [0.4, 0.5) is 13.2 Å². The minimum absolute atomic E-state index is 0.500. The van der Waals surface area contributed by atoms with Crippen molar-refractivity contribution in [2.24, 2.45) is 0 Å². The van der Waals surface area contributed by atoms with Gasteiger partial charge in [0.05, 0.1) is 0 Å². The third-order valence-corrected chi connectivity index (χ3v) is 0.376. The predicted molar refractivity (Wildman–Crippen MR) is 18.1 cm³/mol. The highest BCUT2D eigenvalue weighted by Gasteiger charge is 2.30. The van der Waals surface area contributed by atoms with E-state index in [9.17, 15) is 13.2 Å². The number of carbonyl (C=O) groups excluding carboxylic acids is 1. The molecule has 5 heteroatoms. The smallest absolute Gasteiger partial charge is 0.401 e. The summed E-state index contributed by atoms with van der Waals surface area (Å²) in [6, 6.07) is 0. The predicted octanol–water partition coefficient (Wildman–Crippen LogP) is 0.722. The van der Waals surface area contributed by atoms with Gasteiger partial charge in [-0.15, -0.1) is 0 Å². The topological polar surface area (TPSA) is 26.3 Å². The minimum Gasteiger partial charge on any atom is -0.401 e. The van der Waals surface area contributed by atoms with Crippen LogP contribution < -0.4 is 0 Å². The molecule has 0 heterocycles. The van der Waals surface area contributed by atoms with Crippen LogP contribution in [0, 0.1) is 0 Å². The quantitative estimate of drug-likeness (QED) is 0.523. The standard InChI is InChI=1S/C3H3F3O2/c4-1-3(5,6)8-2-7/h2H,1H2. The molecule has 0 aromatic heterocycles. The van der Waals surface area contributed by atoms with Crippen LogP contribution in [0.15, 0.2) is 0 Å². The van der Waals surface area contributed by atoms with E-state index in [0.717, 1.165) is 0 Å². The van der Waals surface area contributed by atoms with Crippen molar-refractivity contribution in [3.05, 3.63) is 0 Å². The molecule has 0 unspecified atom stereocenters. The van der Waals surface area contributed by atoms with Crippen LogP contribution in [0.1, 0.15) is 0 Å². The van der Waals surface area contributed by atoms with Gasteiger partial charge >= 0.3 is 6.11 Å². The molecule has 2 nitrogen and oxygen atoms in total. The molecule has 0 aromatic carbocycles. The first-order valence-electron chi connectivity index (χ1n) is 1.67. The molecule has 0 aromatic rings. The Morgan fingerprint density at radius 2 is 2.12 bits per heavy atom. The Bertz CT molecular complexity index is 82.6. The van der Waals surface area contributed by atoms with Gasteiger partial charge in [0.15, 0.2) is 6.67 Å². The summed E-state index contributed by atoms with van der Waals surface area (Å²) in [4.78, 5) is 9.11. The largest absolute Gasteiger partial charge is 0.428 e. The van der Waals surface area contributed by atoms with Gasteiger partial charge in [-0.05, 0) is 0 Å². The highest BCUT2D eigenvalue weighted by Crippen LogP contribution is 2.13. The van der Waals surface area contributed by atoms with Crippen molar-refractivity contribution in [1.82, 2.24) is 0 Å². The van der Waals surface area contributed by atoms with E-state index in [0.29, 0.717) is 0 Å². The number of hydrogen-bond acceptors (Lipinski definition) is 2. The fourth-order valence-electron chi connectivity index (χ4n) is 0.102. The zero-order valence-electron chi connectivity index (χ0n) is 3.73. The Hall–Kier alpha value is -0.740. The van der Waals surface area contributed by atoms with Crippen molar-refractivity contribution < 1.29 is 22.7 Å². The van der Waals surface area contributed by atoms with Crippen LogP contribution in [0.25, 0.3) is 0 Å². The number of alkyl halides is 3. The van der Waals surface area contributed by atoms with Gasteiger partial charge in [-0.25, -0.2) is 4.39 Å². The summed E-state index contributed by atoms with van der Waals surface area (Å²) in [6.07, 6.45) is -3.94. The maximum Gasteiger partial charge on any atom is 0.428 e. The number of rotatable bonds is 3. The number of halogens is 3. The molecule has 0 fully saturated rings. The van der Waals surface area contributed by atoms with Crippen LogP contribution in [0.3, 0.4) is 0 Å². The fraction of sp³-hybridized carbons (Fsp3) is 0.667. The van der Waals surface area contributed by atoms with Gasteiger partial charge in [0, 0.05) is 0 Å². The second kappa shape index (κ2) is 2.54. The lowest BCUT2D eigenvalue weighted by molar-refractivity contribution is -0.227. The second-order valence-corrected chi connectivity index (χ2v) is 0.985. The molecule has 8 heavy (non-hydrogen) atoms. The molecule has 0 amide bonds. The Kier molecular flexibility index (Phi) is 2.30. The Balaban J connectivity index is 3.53. The fourth-order valence-corrected chi connectivity index (χ4v) is 0.102. The molecule has 0 aliphatic rings. The Labute approximate surface area is 43.2 Å². The van der Waals surface area contributed by atoms with Gasteiger partial charge in [-0.2, -0.15) is 8.78 Å². The van der Waals surface area contributed by atoms with Crippen molar-refractivity contribution in [2.45, 2.75) is 6.11 Å². The van der Waals surface area contributed by atoms with Crippen LogP contribution >= 0.6 is 0 Å². The molecule has 0 bridgehead atoms. The summed E-state index contributed by atoms with van der Waals surface area (Å²) >= 11 is 0. The van der Waals surface area contributed by atoms with E-state index in [1.807, 2.05) is 0 Å². The van der Waals surface area contributed by atoms with Gasteiger partial charge in [0.2, 0.25) is 0 Å². The number of hydrogen-bond donors (Lipinski definition) is 0. The van der Waals surface area contributed by atoms with Gasteiger partial charge in [-0.1, -0.05) is 0 Å². The molecular weight excluding hydrogens is 125 g/mol. The van der Waals surface area contributed by atoms with Crippen molar-refractivity contribution >= 4 is 6.47 Å². The Morgan fingerprint density at radius 1 is 1.62 bits per heavy atom. The third kappa shape index (κ3) is 2.44. The van der Waals surface area contributed by atoms with Crippen molar-refractivity contribution in [2.75, 3.05) is 6.67 Å². The second-order valence-electron chi connectivity index (χ2n) is 0.985. The van der Waals surface area contributed by atoms with Crippen molar-refractivity contribution in [3.63, 3.8) is 0 Å². The molecule has 0 aliphatic carbocycles. The zero-order valence-corrected chi connectivity index (χ0v) is 3.73. The lowest BCUT2D eigenvalue weighted by Crippen LogP contribution is -2.22. The SMILES string of the molecule is O=COC(F)(F)CF. The summed E-state index contributed by atoms with van der Waals surface area (Å²) in [6.45, 7) is -2.48. The van der Waals surface area contributed by atoms with Gasteiger partial charge in [-0.3, -0.25) is 4.79 Å². The van der Waals surface area contributed by atoms with E-state index in [1.54, 1.807) is 0 Å². The molecule has 0 spiro atoms. The summed E-state index contributed by atoms with van der Waals surface area (Å²) in [5.41, 5.74) is 0. The maximum atomic E-state index is 11.3. The summed E-state index contributed by atoms with van der Waals surface area (Å²) in [5.74, 6) is 0. The Morgan fingerprint density at radius 3 is 2.25 bits per heavy atom. The van der Waals surface area contributed by atoms with E-state index in [4.69, 9.17) is 4.79 Å². The average molecular weight is 128 g/mol. The molecule has 0 N–H and O–H groups in total. The lowest BCUT2D eigenvalue weighted by atomic mass is 10.7. The first-order chi connectivity index (χ1) is 3.62. The summed E-state index contributed by atoms with van der Waals surface area (Å²) < 4.78 is 36.6. The summed E-state index contributed by atoms with van der Waals surface area (Å²) in [7, 11) is 0. The molecule has 0 aliphatic heterocycles. The van der Waals surface area contributed by atoms with Crippen molar-refractivity contribution in [1.29, 1.82) is 0 Å². The normalized spacial score (nSPS) is 10.9. The van der Waals surface area contributed by atoms with Crippen LogP contribution in [-0.4, -0.2) is 19.3 Å². The highest BCUT2D eigenvalue weighted by atomic mass is 19.3. The zero-order chi connectivity index (χ0) is 6.62.